The second-order valence-electron chi connectivity index (χ2n) is 3.99. The van der Waals surface area contributed by atoms with Gasteiger partial charge in [-0.15, -0.1) is 0 Å². The SMILES string of the molecule is CN1C2CCCC1(C#N)CC2O. The number of aliphatic hydroxyl groups excluding tert-OH is 1. The smallest absolute Gasteiger partial charge is 0.111 e. The Morgan fingerprint density at radius 3 is 3.00 bits per heavy atom. The molecule has 0 aliphatic carbocycles. The van der Waals surface area contributed by atoms with Gasteiger partial charge in [0, 0.05) is 12.5 Å². The van der Waals surface area contributed by atoms with Crippen LogP contribution in [0.3, 0.4) is 0 Å². The molecule has 12 heavy (non-hydrogen) atoms. The Labute approximate surface area is 72.6 Å². The molecule has 2 aliphatic heterocycles. The van der Waals surface area contributed by atoms with Crippen molar-refractivity contribution in [2.75, 3.05) is 7.05 Å². The average Bonchev–Trinajstić information content (AvgIpc) is 2.23. The molecule has 0 aromatic carbocycles. The first-order valence-electron chi connectivity index (χ1n) is 4.52. The lowest BCUT2D eigenvalue weighted by atomic mass is 9.90. The number of nitrogens with zero attached hydrogens (tertiary/aromatic N) is 2. The van der Waals surface area contributed by atoms with Crippen molar-refractivity contribution in [2.45, 2.75) is 43.4 Å². The summed E-state index contributed by atoms with van der Waals surface area (Å²) in [5.41, 5.74) is -0.345. The first kappa shape index (κ1) is 8.03. The summed E-state index contributed by atoms with van der Waals surface area (Å²) in [7, 11) is 1.96. The molecule has 3 nitrogen and oxygen atoms in total. The summed E-state index contributed by atoms with van der Waals surface area (Å²) in [6.07, 6.45) is 3.41. The van der Waals surface area contributed by atoms with Gasteiger partial charge < -0.3 is 5.11 Å². The van der Waals surface area contributed by atoms with Gasteiger partial charge in [-0.1, -0.05) is 0 Å². The molecule has 0 aromatic rings. The zero-order valence-electron chi connectivity index (χ0n) is 7.32. The largest absolute Gasteiger partial charge is 0.391 e. The molecule has 0 aromatic heterocycles. The van der Waals surface area contributed by atoms with Crippen LogP contribution in [0.4, 0.5) is 0 Å². The van der Waals surface area contributed by atoms with Gasteiger partial charge in [-0.25, -0.2) is 0 Å². The van der Waals surface area contributed by atoms with Crippen LogP contribution in [0.2, 0.25) is 0 Å². The van der Waals surface area contributed by atoms with Crippen molar-refractivity contribution in [3.8, 4) is 6.07 Å². The first-order chi connectivity index (χ1) is 5.69. The zero-order chi connectivity index (χ0) is 8.77. The maximum Gasteiger partial charge on any atom is 0.111 e. The summed E-state index contributed by atoms with van der Waals surface area (Å²) in [6.45, 7) is 0. The van der Waals surface area contributed by atoms with Crippen molar-refractivity contribution in [1.29, 1.82) is 5.26 Å². The van der Waals surface area contributed by atoms with Gasteiger partial charge in [-0.2, -0.15) is 5.26 Å². The molecule has 0 amide bonds. The molecule has 3 heteroatoms. The molecule has 66 valence electrons. The van der Waals surface area contributed by atoms with Gasteiger partial charge in [-0.3, -0.25) is 4.90 Å². The molecule has 3 unspecified atom stereocenters. The third kappa shape index (κ3) is 0.825. The van der Waals surface area contributed by atoms with Crippen molar-refractivity contribution >= 4 is 0 Å². The molecule has 2 rings (SSSR count). The lowest BCUT2D eigenvalue weighted by Crippen LogP contribution is -2.47. The Balaban J connectivity index is 2.32. The molecule has 2 saturated heterocycles. The Morgan fingerprint density at radius 1 is 1.67 bits per heavy atom. The number of piperidine rings is 1. The molecule has 0 radical (unpaired) electrons. The second kappa shape index (κ2) is 2.45. The van der Waals surface area contributed by atoms with Gasteiger partial charge in [0.25, 0.3) is 0 Å². The Morgan fingerprint density at radius 2 is 2.42 bits per heavy atom. The molecule has 2 bridgehead atoms. The number of likely N-dealkylation sites (N-methyl/N-ethyl adjacent to an activating group) is 1. The summed E-state index contributed by atoms with van der Waals surface area (Å²) in [5.74, 6) is 0. The number of hydrogen-bond acceptors (Lipinski definition) is 3. The number of rotatable bonds is 0. The monoisotopic (exact) mass is 166 g/mol. The van der Waals surface area contributed by atoms with Crippen molar-refractivity contribution in [3.63, 3.8) is 0 Å². The van der Waals surface area contributed by atoms with E-state index in [1.54, 1.807) is 0 Å². The van der Waals surface area contributed by atoms with E-state index in [0.717, 1.165) is 19.3 Å². The fourth-order valence-electron chi connectivity index (χ4n) is 2.65. The van der Waals surface area contributed by atoms with Crippen LogP contribution >= 0.6 is 0 Å². The van der Waals surface area contributed by atoms with Crippen LogP contribution in [0.1, 0.15) is 25.7 Å². The lowest BCUT2D eigenvalue weighted by molar-refractivity contribution is 0.0872. The highest BCUT2D eigenvalue weighted by Gasteiger charge is 2.51. The van der Waals surface area contributed by atoms with E-state index in [4.69, 9.17) is 5.26 Å². The minimum absolute atomic E-state index is 0.235. The number of fused-ring (bicyclic) bond motifs is 2. The van der Waals surface area contributed by atoms with E-state index in [9.17, 15) is 5.11 Å². The quantitative estimate of drug-likeness (QED) is 0.570. The summed E-state index contributed by atoms with van der Waals surface area (Å²) in [4.78, 5) is 2.07. The Kier molecular flexibility index (Phi) is 1.64. The first-order valence-corrected chi connectivity index (χ1v) is 4.52. The molecule has 2 fully saturated rings. The summed E-state index contributed by atoms with van der Waals surface area (Å²) in [5, 5.41) is 18.7. The third-order valence-corrected chi connectivity index (χ3v) is 3.46. The van der Waals surface area contributed by atoms with Crippen LogP contribution in [0.15, 0.2) is 0 Å². The van der Waals surface area contributed by atoms with Crippen molar-refractivity contribution in [3.05, 3.63) is 0 Å². The Hall–Kier alpha value is -0.590. The van der Waals surface area contributed by atoms with Crippen LogP contribution < -0.4 is 0 Å². The highest BCUT2D eigenvalue weighted by molar-refractivity contribution is 5.17. The maximum atomic E-state index is 9.67. The normalized spacial score (nSPS) is 47.4. The van der Waals surface area contributed by atoms with Crippen LogP contribution in [0, 0.1) is 11.3 Å². The molecular weight excluding hydrogens is 152 g/mol. The van der Waals surface area contributed by atoms with Gasteiger partial charge in [0.2, 0.25) is 0 Å². The van der Waals surface area contributed by atoms with Gasteiger partial charge in [0.1, 0.15) is 5.54 Å². The topological polar surface area (TPSA) is 47.3 Å². The zero-order valence-corrected chi connectivity index (χ0v) is 7.32. The van der Waals surface area contributed by atoms with Gasteiger partial charge in [0.05, 0.1) is 12.2 Å². The minimum atomic E-state index is -0.345. The molecule has 1 N–H and O–H groups in total. The highest BCUT2D eigenvalue weighted by atomic mass is 16.3. The van der Waals surface area contributed by atoms with E-state index < -0.39 is 0 Å². The fourth-order valence-corrected chi connectivity index (χ4v) is 2.65. The highest BCUT2D eigenvalue weighted by Crippen LogP contribution is 2.42. The van der Waals surface area contributed by atoms with Gasteiger partial charge >= 0.3 is 0 Å². The van der Waals surface area contributed by atoms with Crippen molar-refractivity contribution in [2.24, 2.45) is 0 Å². The summed E-state index contributed by atoms with van der Waals surface area (Å²) < 4.78 is 0. The van der Waals surface area contributed by atoms with E-state index in [1.165, 1.54) is 0 Å². The van der Waals surface area contributed by atoms with E-state index in [0.29, 0.717) is 6.42 Å². The molecule has 0 spiro atoms. The predicted octanol–water partition coefficient (Wildman–Crippen LogP) is 0.498. The minimum Gasteiger partial charge on any atom is -0.391 e. The predicted molar refractivity (Wildman–Crippen MR) is 44.4 cm³/mol. The molecular formula is C9H14N2O. The Bertz CT molecular complexity index is 235. The van der Waals surface area contributed by atoms with Crippen molar-refractivity contribution < 1.29 is 5.11 Å². The van der Waals surface area contributed by atoms with E-state index >= 15 is 0 Å². The second-order valence-corrected chi connectivity index (χ2v) is 3.99. The third-order valence-electron chi connectivity index (χ3n) is 3.46. The molecule has 3 atom stereocenters. The van der Waals surface area contributed by atoms with Gasteiger partial charge in [-0.05, 0) is 26.3 Å². The van der Waals surface area contributed by atoms with Crippen LogP contribution in [0.25, 0.3) is 0 Å². The van der Waals surface area contributed by atoms with Crippen LogP contribution in [-0.2, 0) is 0 Å². The summed E-state index contributed by atoms with van der Waals surface area (Å²) in [6, 6.07) is 2.59. The lowest BCUT2D eigenvalue weighted by Gasteiger charge is -2.36. The molecule has 2 aliphatic rings. The maximum absolute atomic E-state index is 9.67. The number of nitriles is 1. The van der Waals surface area contributed by atoms with Crippen LogP contribution in [-0.4, -0.2) is 34.7 Å². The van der Waals surface area contributed by atoms with E-state index in [-0.39, 0.29) is 17.7 Å². The van der Waals surface area contributed by atoms with E-state index in [2.05, 4.69) is 11.0 Å². The molecule has 2 heterocycles. The fraction of sp³-hybridized carbons (Fsp3) is 0.889. The standard InChI is InChI=1S/C9H14N2O/c1-11-7-3-2-4-9(11,6-10)5-8(7)12/h7-8,12H,2-5H2,1H3. The van der Waals surface area contributed by atoms with Crippen LogP contribution in [0.5, 0.6) is 0 Å². The molecule has 0 saturated carbocycles. The average molecular weight is 166 g/mol. The number of hydrogen-bond donors (Lipinski definition) is 1. The number of aliphatic hydroxyl groups is 1. The van der Waals surface area contributed by atoms with Crippen molar-refractivity contribution in [1.82, 2.24) is 4.90 Å². The summed E-state index contributed by atoms with van der Waals surface area (Å²) >= 11 is 0. The van der Waals surface area contributed by atoms with E-state index in [1.807, 2.05) is 7.05 Å². The van der Waals surface area contributed by atoms with Gasteiger partial charge in [0.15, 0.2) is 0 Å².